The van der Waals surface area contributed by atoms with Crippen LogP contribution in [0, 0.1) is 5.82 Å². The first-order chi connectivity index (χ1) is 9.25. The molecule has 0 spiro atoms. The van der Waals surface area contributed by atoms with E-state index in [9.17, 15) is 4.39 Å². The molecule has 0 aliphatic heterocycles. The number of pyridine rings is 2. The van der Waals surface area contributed by atoms with Gasteiger partial charge in [-0.05, 0) is 29.8 Å². The molecule has 0 bridgehead atoms. The molecule has 3 rings (SSSR count). The van der Waals surface area contributed by atoms with E-state index in [2.05, 4.69) is 9.97 Å². The van der Waals surface area contributed by atoms with Crippen LogP contribution in [0.3, 0.4) is 0 Å². The first-order valence-electron chi connectivity index (χ1n) is 5.96. The zero-order chi connectivity index (χ0) is 13.2. The van der Waals surface area contributed by atoms with Crippen LogP contribution in [0.25, 0.3) is 10.9 Å². The van der Waals surface area contributed by atoms with E-state index in [1.165, 1.54) is 12.3 Å². The van der Waals surface area contributed by atoms with Crippen molar-refractivity contribution in [1.82, 2.24) is 9.97 Å². The van der Waals surface area contributed by atoms with Crippen molar-refractivity contribution in [2.75, 3.05) is 0 Å². The average molecular weight is 253 g/mol. The highest BCUT2D eigenvalue weighted by atomic mass is 19.1. The predicted molar refractivity (Wildman–Crippen MR) is 72.0 cm³/mol. The van der Waals surface area contributed by atoms with E-state index in [0.29, 0.717) is 5.69 Å². The summed E-state index contributed by atoms with van der Waals surface area (Å²) in [5, 5.41) is 0.989. The lowest BCUT2D eigenvalue weighted by Crippen LogP contribution is -2.14. The fourth-order valence-corrected chi connectivity index (χ4v) is 2.13. The molecule has 1 unspecified atom stereocenters. The zero-order valence-electron chi connectivity index (χ0n) is 10.1. The summed E-state index contributed by atoms with van der Waals surface area (Å²) in [6.07, 6.45) is 2.92. The van der Waals surface area contributed by atoms with Gasteiger partial charge in [0.05, 0.1) is 23.4 Å². The summed E-state index contributed by atoms with van der Waals surface area (Å²) in [6, 6.07) is 12.2. The van der Waals surface area contributed by atoms with Crippen molar-refractivity contribution >= 4 is 10.9 Å². The largest absolute Gasteiger partial charge is 0.319 e. The van der Waals surface area contributed by atoms with Gasteiger partial charge in [-0.15, -0.1) is 0 Å². The third kappa shape index (κ3) is 2.18. The molecule has 19 heavy (non-hydrogen) atoms. The summed E-state index contributed by atoms with van der Waals surface area (Å²) < 4.78 is 12.9. The molecule has 0 saturated heterocycles. The summed E-state index contributed by atoms with van der Waals surface area (Å²) in [4.78, 5) is 8.34. The van der Waals surface area contributed by atoms with Crippen LogP contribution in [0.2, 0.25) is 0 Å². The summed E-state index contributed by atoms with van der Waals surface area (Å²) in [7, 11) is 0. The van der Waals surface area contributed by atoms with Crippen LogP contribution in [0.1, 0.15) is 17.3 Å². The number of nitrogens with two attached hydrogens (primary N) is 1. The second-order valence-electron chi connectivity index (χ2n) is 4.30. The van der Waals surface area contributed by atoms with Gasteiger partial charge in [-0.2, -0.15) is 0 Å². The fraction of sp³-hybridized carbons (Fsp3) is 0.0667. The van der Waals surface area contributed by atoms with Crippen molar-refractivity contribution in [3.8, 4) is 0 Å². The smallest absolute Gasteiger partial charge is 0.141 e. The number of nitrogens with zero attached hydrogens (tertiary/aromatic N) is 2. The van der Waals surface area contributed by atoms with E-state index >= 15 is 0 Å². The van der Waals surface area contributed by atoms with E-state index in [1.54, 1.807) is 12.3 Å². The molecule has 2 aromatic heterocycles. The molecule has 0 aliphatic carbocycles. The molecule has 3 aromatic rings. The van der Waals surface area contributed by atoms with E-state index in [0.717, 1.165) is 16.5 Å². The van der Waals surface area contributed by atoms with Gasteiger partial charge in [-0.25, -0.2) is 4.39 Å². The van der Waals surface area contributed by atoms with Crippen molar-refractivity contribution in [2.45, 2.75) is 6.04 Å². The molecule has 2 heterocycles. The van der Waals surface area contributed by atoms with Crippen LogP contribution >= 0.6 is 0 Å². The van der Waals surface area contributed by atoms with Gasteiger partial charge in [-0.3, -0.25) is 9.97 Å². The normalized spacial score (nSPS) is 12.5. The van der Waals surface area contributed by atoms with Crippen LogP contribution in [-0.4, -0.2) is 9.97 Å². The van der Waals surface area contributed by atoms with Crippen LogP contribution in [0.4, 0.5) is 4.39 Å². The van der Waals surface area contributed by atoms with Gasteiger partial charge in [0.25, 0.3) is 0 Å². The molecule has 1 aromatic carbocycles. The van der Waals surface area contributed by atoms with Gasteiger partial charge in [0, 0.05) is 11.6 Å². The highest BCUT2D eigenvalue weighted by Crippen LogP contribution is 2.25. The number of hydrogen-bond acceptors (Lipinski definition) is 3. The van der Waals surface area contributed by atoms with Gasteiger partial charge in [0.15, 0.2) is 0 Å². The number of hydrogen-bond donors (Lipinski definition) is 1. The Hall–Kier alpha value is -2.33. The molecular formula is C15H12FN3. The lowest BCUT2D eigenvalue weighted by Gasteiger charge is -2.13. The van der Waals surface area contributed by atoms with Crippen molar-refractivity contribution in [3.05, 3.63) is 71.9 Å². The molecule has 3 nitrogen and oxygen atoms in total. The first kappa shape index (κ1) is 11.7. The van der Waals surface area contributed by atoms with Gasteiger partial charge >= 0.3 is 0 Å². The number of benzene rings is 1. The van der Waals surface area contributed by atoms with Gasteiger partial charge in [-0.1, -0.05) is 18.2 Å². The molecule has 1 atom stereocenters. The van der Waals surface area contributed by atoms with Crippen LogP contribution in [0.5, 0.6) is 0 Å². The Balaban J connectivity index is 2.11. The standard InChI is InChI=1S/C15H12FN3/c16-10-6-7-14(19-9-10)15(17)12-3-1-5-13-11(12)4-2-8-18-13/h1-9,15H,17H2. The molecule has 2 N–H and O–H groups in total. The van der Waals surface area contributed by atoms with E-state index in [-0.39, 0.29) is 5.82 Å². The topological polar surface area (TPSA) is 51.8 Å². The predicted octanol–water partition coefficient (Wildman–Crippen LogP) is 2.82. The number of halogens is 1. The Morgan fingerprint density at radius 2 is 1.89 bits per heavy atom. The second-order valence-corrected chi connectivity index (χ2v) is 4.30. The average Bonchev–Trinajstić information content (AvgIpc) is 2.47. The second kappa shape index (κ2) is 4.74. The maximum absolute atomic E-state index is 12.9. The van der Waals surface area contributed by atoms with Crippen molar-refractivity contribution in [3.63, 3.8) is 0 Å². The van der Waals surface area contributed by atoms with E-state index in [1.807, 2.05) is 30.3 Å². The van der Waals surface area contributed by atoms with Crippen molar-refractivity contribution in [2.24, 2.45) is 5.73 Å². The molecule has 0 saturated carbocycles. The van der Waals surface area contributed by atoms with Crippen LogP contribution < -0.4 is 5.73 Å². The summed E-state index contributed by atoms with van der Waals surface area (Å²) >= 11 is 0. The van der Waals surface area contributed by atoms with Crippen LogP contribution in [0.15, 0.2) is 54.9 Å². The summed E-state index contributed by atoms with van der Waals surface area (Å²) in [6.45, 7) is 0. The Morgan fingerprint density at radius 3 is 2.68 bits per heavy atom. The number of aromatic nitrogens is 2. The minimum absolute atomic E-state index is 0.365. The third-order valence-electron chi connectivity index (χ3n) is 3.08. The molecule has 0 fully saturated rings. The number of fused-ring (bicyclic) bond motifs is 1. The Labute approximate surface area is 109 Å². The quantitative estimate of drug-likeness (QED) is 0.764. The van der Waals surface area contributed by atoms with Gasteiger partial charge in [0.1, 0.15) is 5.82 Å². The maximum Gasteiger partial charge on any atom is 0.141 e. The molecular weight excluding hydrogens is 241 g/mol. The van der Waals surface area contributed by atoms with E-state index < -0.39 is 6.04 Å². The maximum atomic E-state index is 12.9. The van der Waals surface area contributed by atoms with Gasteiger partial charge < -0.3 is 5.73 Å². The summed E-state index contributed by atoms with van der Waals surface area (Å²) in [5.74, 6) is -0.365. The number of rotatable bonds is 2. The highest BCUT2D eigenvalue weighted by molar-refractivity contribution is 5.82. The SMILES string of the molecule is NC(c1ccc(F)cn1)c1cccc2ncccc12. The third-order valence-corrected chi connectivity index (χ3v) is 3.08. The molecule has 0 radical (unpaired) electrons. The zero-order valence-corrected chi connectivity index (χ0v) is 10.1. The molecule has 94 valence electrons. The lowest BCUT2D eigenvalue weighted by molar-refractivity contribution is 0.617. The Kier molecular flexibility index (Phi) is 2.93. The lowest BCUT2D eigenvalue weighted by atomic mass is 9.99. The molecule has 0 aliphatic rings. The minimum atomic E-state index is -0.395. The minimum Gasteiger partial charge on any atom is -0.319 e. The first-order valence-corrected chi connectivity index (χ1v) is 5.96. The monoisotopic (exact) mass is 253 g/mol. The van der Waals surface area contributed by atoms with Gasteiger partial charge in [0.2, 0.25) is 0 Å². The van der Waals surface area contributed by atoms with E-state index in [4.69, 9.17) is 5.73 Å². The van der Waals surface area contributed by atoms with Crippen molar-refractivity contribution < 1.29 is 4.39 Å². The molecule has 0 amide bonds. The van der Waals surface area contributed by atoms with Crippen LogP contribution in [-0.2, 0) is 0 Å². The molecule has 4 heteroatoms. The van der Waals surface area contributed by atoms with Crippen molar-refractivity contribution in [1.29, 1.82) is 0 Å². The Bertz CT molecular complexity index is 705. The Morgan fingerprint density at radius 1 is 1.00 bits per heavy atom. The fourth-order valence-electron chi connectivity index (χ4n) is 2.13. The summed E-state index contributed by atoms with van der Waals surface area (Å²) in [5.41, 5.74) is 8.68. The highest BCUT2D eigenvalue weighted by Gasteiger charge is 2.13.